The fraction of sp³-hybridized carbons (Fsp3) is 0.462. The van der Waals surface area contributed by atoms with Crippen molar-refractivity contribution in [2.75, 3.05) is 6.54 Å². The normalized spacial score (nSPS) is 11.4. The molecule has 0 unspecified atom stereocenters. The molecule has 1 amide bonds. The summed E-state index contributed by atoms with van der Waals surface area (Å²) in [7, 11) is 0. The molecule has 0 saturated carbocycles. The second kappa shape index (κ2) is 5.78. The van der Waals surface area contributed by atoms with Crippen molar-refractivity contribution >= 4 is 21.8 Å². The van der Waals surface area contributed by atoms with E-state index in [4.69, 9.17) is 0 Å². The molecule has 0 radical (unpaired) electrons. The molecule has 0 aliphatic carbocycles. The van der Waals surface area contributed by atoms with Crippen LogP contribution in [0.1, 0.15) is 37.6 Å². The highest BCUT2D eigenvalue weighted by Crippen LogP contribution is 2.21. The van der Waals surface area contributed by atoms with E-state index in [0.29, 0.717) is 6.54 Å². The van der Waals surface area contributed by atoms with E-state index in [-0.39, 0.29) is 9.89 Å². The van der Waals surface area contributed by atoms with E-state index in [2.05, 4.69) is 21.2 Å². The summed E-state index contributed by atoms with van der Waals surface area (Å²) in [6.45, 7) is 6.31. The predicted octanol–water partition coefficient (Wildman–Crippen LogP) is 3.89. The van der Waals surface area contributed by atoms with Crippen LogP contribution in [0.4, 0.5) is 8.78 Å². The molecule has 5 heteroatoms. The molecule has 0 atom stereocenters. The fourth-order valence-electron chi connectivity index (χ4n) is 1.29. The number of nitrogens with one attached hydrogen (secondary N) is 1. The van der Waals surface area contributed by atoms with Gasteiger partial charge in [0, 0.05) is 11.0 Å². The highest BCUT2D eigenvalue weighted by molar-refractivity contribution is 9.10. The zero-order valence-electron chi connectivity index (χ0n) is 10.6. The minimum atomic E-state index is -0.867. The van der Waals surface area contributed by atoms with Gasteiger partial charge in [0.05, 0.1) is 0 Å². The number of hydrogen-bond donors (Lipinski definition) is 1. The first kappa shape index (κ1) is 15.1. The number of carbonyl (C=O) groups is 1. The SMILES string of the molecule is CCC(C)(C)CNC(=O)c1c(F)cc(Br)cc1F. The summed E-state index contributed by atoms with van der Waals surface area (Å²) in [6.07, 6.45) is 0.860. The topological polar surface area (TPSA) is 29.1 Å². The van der Waals surface area contributed by atoms with Crippen LogP contribution in [0.5, 0.6) is 0 Å². The average molecular weight is 320 g/mol. The monoisotopic (exact) mass is 319 g/mol. The van der Waals surface area contributed by atoms with Crippen molar-refractivity contribution in [2.24, 2.45) is 5.41 Å². The lowest BCUT2D eigenvalue weighted by Crippen LogP contribution is -2.34. The van der Waals surface area contributed by atoms with Crippen molar-refractivity contribution in [1.82, 2.24) is 5.32 Å². The molecule has 2 nitrogen and oxygen atoms in total. The first-order valence-corrected chi connectivity index (χ1v) is 6.49. The summed E-state index contributed by atoms with van der Waals surface area (Å²) < 4.78 is 27.3. The number of rotatable bonds is 4. The van der Waals surface area contributed by atoms with Crippen LogP contribution in [0.3, 0.4) is 0 Å². The summed E-state index contributed by atoms with van der Waals surface area (Å²) in [4.78, 5) is 11.8. The van der Waals surface area contributed by atoms with Gasteiger partial charge < -0.3 is 5.32 Å². The van der Waals surface area contributed by atoms with Crippen LogP contribution in [0.15, 0.2) is 16.6 Å². The zero-order valence-corrected chi connectivity index (χ0v) is 12.2. The lowest BCUT2D eigenvalue weighted by molar-refractivity contribution is 0.0927. The zero-order chi connectivity index (χ0) is 13.9. The van der Waals surface area contributed by atoms with Crippen LogP contribution in [-0.2, 0) is 0 Å². The smallest absolute Gasteiger partial charge is 0.257 e. The minimum absolute atomic E-state index is 0.0992. The van der Waals surface area contributed by atoms with Crippen molar-refractivity contribution in [3.63, 3.8) is 0 Å². The standard InChI is InChI=1S/C13H16BrF2NO/c1-4-13(2,3)7-17-12(18)11-9(15)5-8(14)6-10(11)16/h5-6H,4,7H2,1-3H3,(H,17,18). The number of benzene rings is 1. The molecule has 0 spiro atoms. The average Bonchev–Trinajstić information content (AvgIpc) is 2.25. The first-order valence-electron chi connectivity index (χ1n) is 5.69. The van der Waals surface area contributed by atoms with Gasteiger partial charge in [0.15, 0.2) is 0 Å². The van der Waals surface area contributed by atoms with Gasteiger partial charge in [0.2, 0.25) is 0 Å². The molecule has 0 heterocycles. The van der Waals surface area contributed by atoms with E-state index in [9.17, 15) is 13.6 Å². The van der Waals surface area contributed by atoms with Gasteiger partial charge in [0.25, 0.3) is 5.91 Å². The van der Waals surface area contributed by atoms with Crippen LogP contribution >= 0.6 is 15.9 Å². The summed E-state index contributed by atoms with van der Waals surface area (Å²) >= 11 is 2.97. The molecule has 0 aromatic heterocycles. The Balaban J connectivity index is 2.86. The Morgan fingerprint density at radius 2 is 1.83 bits per heavy atom. The molecule has 1 aromatic carbocycles. The minimum Gasteiger partial charge on any atom is -0.351 e. The Hall–Kier alpha value is -0.970. The molecule has 100 valence electrons. The number of amides is 1. The van der Waals surface area contributed by atoms with E-state index in [1.54, 1.807) is 0 Å². The van der Waals surface area contributed by atoms with E-state index in [1.165, 1.54) is 0 Å². The van der Waals surface area contributed by atoms with E-state index < -0.39 is 23.1 Å². The molecule has 1 aromatic rings. The van der Waals surface area contributed by atoms with Crippen LogP contribution in [0.25, 0.3) is 0 Å². The first-order chi connectivity index (χ1) is 8.26. The quantitative estimate of drug-likeness (QED) is 0.896. The largest absolute Gasteiger partial charge is 0.351 e. The summed E-state index contributed by atoms with van der Waals surface area (Å²) in [6, 6.07) is 2.14. The van der Waals surface area contributed by atoms with Gasteiger partial charge >= 0.3 is 0 Å². The van der Waals surface area contributed by atoms with Crippen LogP contribution in [0, 0.1) is 17.0 Å². The molecule has 18 heavy (non-hydrogen) atoms. The Morgan fingerprint density at radius 1 is 1.33 bits per heavy atom. The van der Waals surface area contributed by atoms with Crippen molar-refractivity contribution in [3.8, 4) is 0 Å². The van der Waals surface area contributed by atoms with Gasteiger partial charge in [-0.3, -0.25) is 4.79 Å². The third kappa shape index (κ3) is 3.77. The third-order valence-corrected chi connectivity index (χ3v) is 3.38. The van der Waals surface area contributed by atoms with Crippen molar-refractivity contribution in [2.45, 2.75) is 27.2 Å². The highest BCUT2D eigenvalue weighted by atomic mass is 79.9. The van der Waals surface area contributed by atoms with Crippen LogP contribution in [-0.4, -0.2) is 12.5 Å². The molecule has 0 bridgehead atoms. The highest BCUT2D eigenvalue weighted by Gasteiger charge is 2.21. The number of hydrogen-bond acceptors (Lipinski definition) is 1. The molecule has 0 aliphatic rings. The van der Waals surface area contributed by atoms with Gasteiger partial charge in [-0.1, -0.05) is 36.7 Å². The number of carbonyl (C=O) groups excluding carboxylic acids is 1. The molecular weight excluding hydrogens is 304 g/mol. The van der Waals surface area contributed by atoms with Gasteiger partial charge in [-0.2, -0.15) is 0 Å². The van der Waals surface area contributed by atoms with E-state index in [1.807, 2.05) is 20.8 Å². The molecular formula is C13H16BrF2NO. The molecule has 1 rings (SSSR count). The Kier molecular flexibility index (Phi) is 4.85. The second-order valence-corrected chi connectivity index (χ2v) is 5.86. The van der Waals surface area contributed by atoms with Gasteiger partial charge in [0.1, 0.15) is 17.2 Å². The van der Waals surface area contributed by atoms with E-state index in [0.717, 1.165) is 18.6 Å². The summed E-state index contributed by atoms with van der Waals surface area (Å²) in [5.74, 6) is -2.46. The Morgan fingerprint density at radius 3 is 2.28 bits per heavy atom. The molecule has 0 saturated heterocycles. The second-order valence-electron chi connectivity index (χ2n) is 4.94. The summed E-state index contributed by atoms with van der Waals surface area (Å²) in [5.41, 5.74) is -0.636. The van der Waals surface area contributed by atoms with Crippen molar-refractivity contribution in [1.29, 1.82) is 0 Å². The Bertz CT molecular complexity index is 437. The molecule has 0 aliphatic heterocycles. The maximum atomic E-state index is 13.5. The van der Waals surface area contributed by atoms with Crippen molar-refractivity contribution in [3.05, 3.63) is 33.8 Å². The fourth-order valence-corrected chi connectivity index (χ4v) is 1.69. The predicted molar refractivity (Wildman–Crippen MR) is 70.5 cm³/mol. The van der Waals surface area contributed by atoms with Gasteiger partial charge in [-0.05, 0) is 24.0 Å². The third-order valence-electron chi connectivity index (χ3n) is 2.92. The Labute approximate surface area is 114 Å². The van der Waals surface area contributed by atoms with Crippen molar-refractivity contribution < 1.29 is 13.6 Å². The maximum Gasteiger partial charge on any atom is 0.257 e. The molecule has 1 N–H and O–H groups in total. The van der Waals surface area contributed by atoms with Gasteiger partial charge in [-0.15, -0.1) is 0 Å². The number of halogens is 3. The lowest BCUT2D eigenvalue weighted by Gasteiger charge is -2.22. The van der Waals surface area contributed by atoms with Gasteiger partial charge in [-0.25, -0.2) is 8.78 Å². The van der Waals surface area contributed by atoms with Crippen LogP contribution < -0.4 is 5.32 Å². The maximum absolute atomic E-state index is 13.5. The van der Waals surface area contributed by atoms with Crippen LogP contribution in [0.2, 0.25) is 0 Å². The van der Waals surface area contributed by atoms with E-state index >= 15 is 0 Å². The lowest BCUT2D eigenvalue weighted by atomic mass is 9.90. The molecule has 0 fully saturated rings. The summed E-state index contributed by atoms with van der Waals surface area (Å²) in [5, 5.41) is 2.56.